The minimum Gasteiger partial charge on any atom is -0.475 e. The number of hydrogen-bond acceptors (Lipinski definition) is 3. The Balaban J connectivity index is 1.93. The number of rotatable bonds is 7. The molecule has 0 saturated heterocycles. The molecular weight excluding hydrogens is 294 g/mol. The molecule has 1 amide bonds. The zero-order chi connectivity index (χ0) is 16.8. The van der Waals surface area contributed by atoms with Crippen LogP contribution in [-0.2, 0) is 11.3 Å². The summed E-state index contributed by atoms with van der Waals surface area (Å²) in [7, 11) is 0. The molecule has 0 aliphatic rings. The predicted molar refractivity (Wildman–Crippen MR) is 86.2 cm³/mol. The molecule has 5 nitrogen and oxygen atoms in total. The fraction of sp³-hybridized carbons (Fsp3) is 0.333. The average molecular weight is 315 g/mol. The standard InChI is InChI=1S/C18H21NO4/c1-12(2)15(13-6-4-3-5-7-13)10-17(20)19-11-14-8-9-16(23-14)18(21)22/h3-9,12,15H,10-11H2,1-2H3,(H,19,20)(H,21,22). The maximum Gasteiger partial charge on any atom is 0.371 e. The number of nitrogens with one attached hydrogen (secondary N) is 1. The molecule has 2 rings (SSSR count). The molecule has 1 heterocycles. The van der Waals surface area contributed by atoms with Gasteiger partial charge in [0.15, 0.2) is 0 Å². The van der Waals surface area contributed by atoms with Gasteiger partial charge in [-0.25, -0.2) is 4.79 Å². The van der Waals surface area contributed by atoms with Crippen LogP contribution >= 0.6 is 0 Å². The Morgan fingerprint density at radius 3 is 2.39 bits per heavy atom. The summed E-state index contributed by atoms with van der Waals surface area (Å²) < 4.78 is 5.12. The third-order valence-corrected chi connectivity index (χ3v) is 3.77. The Labute approximate surface area is 135 Å². The van der Waals surface area contributed by atoms with Crippen molar-refractivity contribution in [2.75, 3.05) is 0 Å². The molecule has 0 bridgehead atoms. The highest BCUT2D eigenvalue weighted by atomic mass is 16.4. The second-order valence-electron chi connectivity index (χ2n) is 5.81. The SMILES string of the molecule is CC(C)C(CC(=O)NCc1ccc(C(=O)O)o1)c1ccccc1. The van der Waals surface area contributed by atoms with Gasteiger partial charge in [-0.2, -0.15) is 0 Å². The van der Waals surface area contributed by atoms with E-state index in [1.165, 1.54) is 6.07 Å². The molecule has 2 N–H and O–H groups in total. The average Bonchev–Trinajstić information content (AvgIpc) is 3.00. The van der Waals surface area contributed by atoms with Crippen molar-refractivity contribution in [3.05, 3.63) is 59.5 Å². The Hall–Kier alpha value is -2.56. The van der Waals surface area contributed by atoms with Crippen molar-refractivity contribution in [2.45, 2.75) is 32.7 Å². The highest BCUT2D eigenvalue weighted by Gasteiger charge is 2.19. The van der Waals surface area contributed by atoms with Crippen molar-refractivity contribution in [1.29, 1.82) is 0 Å². The highest BCUT2D eigenvalue weighted by molar-refractivity contribution is 5.84. The van der Waals surface area contributed by atoms with Crippen LogP contribution < -0.4 is 5.32 Å². The van der Waals surface area contributed by atoms with Gasteiger partial charge in [-0.1, -0.05) is 44.2 Å². The van der Waals surface area contributed by atoms with E-state index in [0.717, 1.165) is 5.56 Å². The van der Waals surface area contributed by atoms with E-state index in [0.29, 0.717) is 18.1 Å². The fourth-order valence-electron chi connectivity index (χ4n) is 2.48. The van der Waals surface area contributed by atoms with E-state index in [9.17, 15) is 9.59 Å². The molecule has 0 spiro atoms. The Bertz CT molecular complexity index is 661. The number of carbonyl (C=O) groups excluding carboxylic acids is 1. The molecule has 0 saturated carbocycles. The smallest absolute Gasteiger partial charge is 0.371 e. The molecule has 1 atom stereocenters. The van der Waals surface area contributed by atoms with Crippen molar-refractivity contribution in [3.63, 3.8) is 0 Å². The van der Waals surface area contributed by atoms with Gasteiger partial charge in [-0.15, -0.1) is 0 Å². The quantitative estimate of drug-likeness (QED) is 0.820. The van der Waals surface area contributed by atoms with Gasteiger partial charge in [0, 0.05) is 6.42 Å². The zero-order valence-electron chi connectivity index (χ0n) is 13.3. The molecule has 0 aliphatic heterocycles. The molecule has 1 unspecified atom stereocenters. The number of furan rings is 1. The third-order valence-electron chi connectivity index (χ3n) is 3.77. The molecule has 0 fully saturated rings. The summed E-state index contributed by atoms with van der Waals surface area (Å²) in [6, 6.07) is 12.9. The van der Waals surface area contributed by atoms with E-state index in [2.05, 4.69) is 19.2 Å². The van der Waals surface area contributed by atoms with Gasteiger partial charge in [-0.3, -0.25) is 4.79 Å². The number of hydrogen-bond donors (Lipinski definition) is 2. The van der Waals surface area contributed by atoms with Crippen LogP contribution in [0.1, 0.15) is 48.1 Å². The molecule has 1 aromatic heterocycles. The van der Waals surface area contributed by atoms with Crippen LogP contribution in [0.3, 0.4) is 0 Å². The van der Waals surface area contributed by atoms with Gasteiger partial charge in [0.25, 0.3) is 0 Å². The zero-order valence-corrected chi connectivity index (χ0v) is 13.3. The summed E-state index contributed by atoms with van der Waals surface area (Å²) in [5.74, 6) is -0.421. The third kappa shape index (κ3) is 4.71. The summed E-state index contributed by atoms with van der Waals surface area (Å²) >= 11 is 0. The lowest BCUT2D eigenvalue weighted by Crippen LogP contribution is -2.25. The summed E-state index contributed by atoms with van der Waals surface area (Å²) in [6.07, 6.45) is 0.383. The monoisotopic (exact) mass is 315 g/mol. The van der Waals surface area contributed by atoms with Crippen LogP contribution in [0, 0.1) is 5.92 Å². The minimum absolute atomic E-state index is 0.0826. The van der Waals surface area contributed by atoms with Crippen LogP contribution in [-0.4, -0.2) is 17.0 Å². The van der Waals surface area contributed by atoms with Crippen molar-refractivity contribution in [1.82, 2.24) is 5.32 Å². The van der Waals surface area contributed by atoms with Gasteiger partial charge in [0.1, 0.15) is 5.76 Å². The first kappa shape index (κ1) is 16.8. The molecule has 122 valence electrons. The lowest BCUT2D eigenvalue weighted by atomic mass is 9.85. The Kier molecular flexibility index (Phi) is 5.57. The molecule has 23 heavy (non-hydrogen) atoms. The first-order valence-corrected chi connectivity index (χ1v) is 7.61. The van der Waals surface area contributed by atoms with E-state index in [-0.39, 0.29) is 24.1 Å². The number of carboxylic acid groups (broad SMARTS) is 1. The van der Waals surface area contributed by atoms with Crippen molar-refractivity contribution < 1.29 is 19.1 Å². The summed E-state index contributed by atoms with van der Waals surface area (Å²) in [5, 5.41) is 11.6. The molecule has 2 aromatic rings. The summed E-state index contributed by atoms with van der Waals surface area (Å²) in [5.41, 5.74) is 1.14. The van der Waals surface area contributed by atoms with Crippen LogP contribution in [0.15, 0.2) is 46.9 Å². The number of carbonyl (C=O) groups is 2. The van der Waals surface area contributed by atoms with Gasteiger partial charge in [0.2, 0.25) is 11.7 Å². The minimum atomic E-state index is -1.12. The predicted octanol–water partition coefficient (Wildman–Crippen LogP) is 3.42. The number of amides is 1. The first-order chi connectivity index (χ1) is 11.0. The highest BCUT2D eigenvalue weighted by Crippen LogP contribution is 2.27. The summed E-state index contributed by atoms with van der Waals surface area (Å²) in [6.45, 7) is 4.37. The number of benzene rings is 1. The van der Waals surface area contributed by atoms with Gasteiger partial charge >= 0.3 is 5.97 Å². The van der Waals surface area contributed by atoms with E-state index in [1.54, 1.807) is 6.07 Å². The Morgan fingerprint density at radius 1 is 1.13 bits per heavy atom. The van der Waals surface area contributed by atoms with E-state index in [4.69, 9.17) is 9.52 Å². The lowest BCUT2D eigenvalue weighted by molar-refractivity contribution is -0.121. The van der Waals surface area contributed by atoms with Gasteiger partial charge in [0.05, 0.1) is 6.54 Å². The molecule has 1 aromatic carbocycles. The van der Waals surface area contributed by atoms with E-state index < -0.39 is 5.97 Å². The van der Waals surface area contributed by atoms with Crippen LogP contribution in [0.5, 0.6) is 0 Å². The van der Waals surface area contributed by atoms with Crippen molar-refractivity contribution in [2.24, 2.45) is 5.92 Å². The fourth-order valence-corrected chi connectivity index (χ4v) is 2.48. The van der Waals surface area contributed by atoms with Crippen molar-refractivity contribution in [3.8, 4) is 0 Å². The topological polar surface area (TPSA) is 79.5 Å². The van der Waals surface area contributed by atoms with Crippen LogP contribution in [0.4, 0.5) is 0 Å². The first-order valence-electron chi connectivity index (χ1n) is 7.61. The molecular formula is C18H21NO4. The van der Waals surface area contributed by atoms with Crippen molar-refractivity contribution >= 4 is 11.9 Å². The van der Waals surface area contributed by atoms with E-state index in [1.807, 2.05) is 30.3 Å². The van der Waals surface area contributed by atoms with Gasteiger partial charge in [-0.05, 0) is 29.5 Å². The molecule has 0 aliphatic carbocycles. The molecule has 5 heteroatoms. The molecule has 0 radical (unpaired) electrons. The summed E-state index contributed by atoms with van der Waals surface area (Å²) in [4.78, 5) is 22.9. The number of carboxylic acids is 1. The maximum absolute atomic E-state index is 12.2. The van der Waals surface area contributed by atoms with Crippen LogP contribution in [0.25, 0.3) is 0 Å². The largest absolute Gasteiger partial charge is 0.475 e. The maximum atomic E-state index is 12.2. The van der Waals surface area contributed by atoms with Gasteiger partial charge < -0.3 is 14.8 Å². The normalized spacial score (nSPS) is 12.1. The second-order valence-corrected chi connectivity index (χ2v) is 5.81. The van der Waals surface area contributed by atoms with E-state index >= 15 is 0 Å². The lowest BCUT2D eigenvalue weighted by Gasteiger charge is -2.20. The Morgan fingerprint density at radius 2 is 1.83 bits per heavy atom. The second kappa shape index (κ2) is 7.63. The number of aromatic carboxylic acids is 1. The van der Waals surface area contributed by atoms with Crippen LogP contribution in [0.2, 0.25) is 0 Å².